The molecule has 2 aromatic carbocycles. The number of carbonyl (C=O) groups is 1. The summed E-state index contributed by atoms with van der Waals surface area (Å²) in [6.45, 7) is 1.89. The van der Waals surface area contributed by atoms with Crippen molar-refractivity contribution >= 4 is 5.91 Å². The van der Waals surface area contributed by atoms with Crippen molar-refractivity contribution in [1.29, 1.82) is 0 Å². The zero-order valence-corrected chi connectivity index (χ0v) is 14.3. The monoisotopic (exact) mass is 341 g/mol. The van der Waals surface area contributed by atoms with Crippen LogP contribution in [0.5, 0.6) is 0 Å². The van der Waals surface area contributed by atoms with Gasteiger partial charge < -0.3 is 10.1 Å². The van der Waals surface area contributed by atoms with Crippen LogP contribution in [-0.4, -0.2) is 25.7 Å². The summed E-state index contributed by atoms with van der Waals surface area (Å²) >= 11 is 0. The summed E-state index contributed by atoms with van der Waals surface area (Å²) in [7, 11) is 0. The number of halogens is 1. The second kappa shape index (κ2) is 8.26. The summed E-state index contributed by atoms with van der Waals surface area (Å²) in [5.74, 6) is -0.185. The van der Waals surface area contributed by atoms with Crippen LogP contribution >= 0.6 is 0 Å². The molecule has 0 aliphatic carbocycles. The normalized spacial score (nSPS) is 16.4. The molecule has 1 saturated heterocycles. The lowest BCUT2D eigenvalue weighted by molar-refractivity contribution is -0.121. The van der Waals surface area contributed by atoms with Gasteiger partial charge >= 0.3 is 0 Å². The average molecular weight is 341 g/mol. The fraction of sp³-hybridized carbons (Fsp3) is 0.381. The van der Waals surface area contributed by atoms with Crippen molar-refractivity contribution in [1.82, 2.24) is 5.32 Å². The first-order valence-electron chi connectivity index (χ1n) is 8.82. The highest BCUT2D eigenvalue weighted by molar-refractivity contribution is 5.76. The topological polar surface area (TPSA) is 38.3 Å². The van der Waals surface area contributed by atoms with Crippen LogP contribution in [0.15, 0.2) is 54.6 Å². The van der Waals surface area contributed by atoms with Crippen LogP contribution < -0.4 is 5.32 Å². The minimum absolute atomic E-state index is 0.0526. The Balaban J connectivity index is 1.61. The van der Waals surface area contributed by atoms with Crippen LogP contribution in [0.3, 0.4) is 0 Å². The molecule has 3 rings (SSSR count). The predicted molar refractivity (Wildman–Crippen MR) is 95.9 cm³/mol. The van der Waals surface area contributed by atoms with E-state index in [1.54, 1.807) is 0 Å². The lowest BCUT2D eigenvalue weighted by Gasteiger charge is -2.38. The Bertz CT molecular complexity index is 679. The number of hydrogen-bond acceptors (Lipinski definition) is 2. The van der Waals surface area contributed by atoms with Crippen molar-refractivity contribution in [3.63, 3.8) is 0 Å². The molecule has 1 amide bonds. The first-order chi connectivity index (χ1) is 12.2. The molecule has 25 heavy (non-hydrogen) atoms. The third-order valence-corrected chi connectivity index (χ3v) is 5.01. The first kappa shape index (κ1) is 17.6. The fourth-order valence-corrected chi connectivity index (χ4v) is 3.39. The molecule has 4 heteroatoms. The number of aryl methyl sites for hydroxylation is 1. The molecule has 1 aliphatic rings. The SMILES string of the molecule is O=C(CCc1ccccc1)NCC1(c2ccc(F)cc2)CCOCC1. The maximum Gasteiger partial charge on any atom is 0.220 e. The van der Waals surface area contributed by atoms with Crippen molar-refractivity contribution < 1.29 is 13.9 Å². The second-order valence-corrected chi connectivity index (χ2v) is 6.66. The third kappa shape index (κ3) is 4.67. The van der Waals surface area contributed by atoms with Gasteiger partial charge in [-0.3, -0.25) is 4.79 Å². The molecule has 1 fully saturated rings. The van der Waals surface area contributed by atoms with Gasteiger partial charge in [-0.15, -0.1) is 0 Å². The molecular formula is C21H24FNO2. The summed E-state index contributed by atoms with van der Waals surface area (Å²) in [6, 6.07) is 16.7. The van der Waals surface area contributed by atoms with Gasteiger partial charge in [0.05, 0.1) is 0 Å². The van der Waals surface area contributed by atoms with Crippen LogP contribution in [0, 0.1) is 5.82 Å². The van der Waals surface area contributed by atoms with Crippen molar-refractivity contribution in [3.8, 4) is 0 Å². The Morgan fingerprint density at radius 3 is 2.40 bits per heavy atom. The Morgan fingerprint density at radius 1 is 1.04 bits per heavy atom. The number of nitrogens with one attached hydrogen (secondary N) is 1. The average Bonchev–Trinajstić information content (AvgIpc) is 2.67. The van der Waals surface area contributed by atoms with Gasteiger partial charge in [0.2, 0.25) is 5.91 Å². The highest BCUT2D eigenvalue weighted by Gasteiger charge is 2.34. The third-order valence-electron chi connectivity index (χ3n) is 5.01. The standard InChI is InChI=1S/C21H24FNO2/c22-19-9-7-18(8-10-19)21(12-14-25-15-13-21)16-23-20(24)11-6-17-4-2-1-3-5-17/h1-5,7-10H,6,11-16H2,(H,23,24). The number of rotatable bonds is 6. The first-order valence-corrected chi connectivity index (χ1v) is 8.82. The smallest absolute Gasteiger partial charge is 0.220 e. The van der Waals surface area contributed by atoms with Crippen molar-refractivity contribution in [2.75, 3.05) is 19.8 Å². The minimum Gasteiger partial charge on any atom is -0.381 e. The molecule has 0 atom stereocenters. The molecule has 3 nitrogen and oxygen atoms in total. The Morgan fingerprint density at radius 2 is 1.72 bits per heavy atom. The minimum atomic E-state index is -0.238. The van der Waals surface area contributed by atoms with E-state index in [-0.39, 0.29) is 17.1 Å². The fourth-order valence-electron chi connectivity index (χ4n) is 3.39. The van der Waals surface area contributed by atoms with Gasteiger partial charge in [-0.1, -0.05) is 42.5 Å². The second-order valence-electron chi connectivity index (χ2n) is 6.66. The summed E-state index contributed by atoms with van der Waals surface area (Å²) in [5.41, 5.74) is 2.06. The van der Waals surface area contributed by atoms with Crippen LogP contribution in [0.2, 0.25) is 0 Å². The molecule has 0 radical (unpaired) electrons. The molecule has 1 heterocycles. The zero-order chi connectivity index (χ0) is 17.5. The van der Waals surface area contributed by atoms with Gasteiger partial charge in [-0.05, 0) is 42.5 Å². The van der Waals surface area contributed by atoms with E-state index in [1.165, 1.54) is 12.1 Å². The Labute approximate surface area is 148 Å². The predicted octanol–water partition coefficient (Wildman–Crippen LogP) is 3.62. The molecule has 1 N–H and O–H groups in total. The van der Waals surface area contributed by atoms with Crippen LogP contribution in [-0.2, 0) is 21.4 Å². The van der Waals surface area contributed by atoms with E-state index < -0.39 is 0 Å². The van der Waals surface area contributed by atoms with Crippen LogP contribution in [0.1, 0.15) is 30.4 Å². The van der Waals surface area contributed by atoms with Gasteiger partial charge in [0.15, 0.2) is 0 Å². The Kier molecular flexibility index (Phi) is 5.82. The number of carbonyl (C=O) groups excluding carboxylic acids is 1. The lowest BCUT2D eigenvalue weighted by atomic mass is 9.74. The van der Waals surface area contributed by atoms with E-state index in [0.717, 1.165) is 30.4 Å². The molecule has 0 saturated carbocycles. The molecule has 0 aromatic heterocycles. The zero-order valence-electron chi connectivity index (χ0n) is 14.3. The van der Waals surface area contributed by atoms with E-state index in [1.807, 2.05) is 42.5 Å². The molecule has 2 aromatic rings. The maximum atomic E-state index is 13.3. The maximum absolute atomic E-state index is 13.3. The molecular weight excluding hydrogens is 317 g/mol. The van der Waals surface area contributed by atoms with E-state index >= 15 is 0 Å². The molecule has 0 spiro atoms. The van der Waals surface area contributed by atoms with Gasteiger partial charge in [0.25, 0.3) is 0 Å². The molecule has 132 valence electrons. The van der Waals surface area contributed by atoms with Crippen LogP contribution in [0.4, 0.5) is 4.39 Å². The van der Waals surface area contributed by atoms with Gasteiger partial charge in [-0.25, -0.2) is 4.39 Å². The van der Waals surface area contributed by atoms with E-state index in [2.05, 4.69) is 5.32 Å². The van der Waals surface area contributed by atoms with E-state index in [9.17, 15) is 9.18 Å². The highest BCUT2D eigenvalue weighted by Crippen LogP contribution is 2.34. The molecule has 0 bridgehead atoms. The van der Waals surface area contributed by atoms with Crippen molar-refractivity contribution in [2.24, 2.45) is 0 Å². The number of amides is 1. The number of benzene rings is 2. The van der Waals surface area contributed by atoms with E-state index in [4.69, 9.17) is 4.74 Å². The van der Waals surface area contributed by atoms with Gasteiger partial charge in [0.1, 0.15) is 5.82 Å². The Hall–Kier alpha value is -2.20. The van der Waals surface area contributed by atoms with Crippen molar-refractivity contribution in [2.45, 2.75) is 31.1 Å². The van der Waals surface area contributed by atoms with Crippen LogP contribution in [0.25, 0.3) is 0 Å². The van der Waals surface area contributed by atoms with E-state index in [0.29, 0.717) is 26.2 Å². The number of ether oxygens (including phenoxy) is 1. The molecule has 1 aliphatic heterocycles. The van der Waals surface area contributed by atoms with Gasteiger partial charge in [0, 0.05) is 31.6 Å². The quantitative estimate of drug-likeness (QED) is 0.871. The summed E-state index contributed by atoms with van der Waals surface area (Å²) in [4.78, 5) is 12.3. The van der Waals surface area contributed by atoms with Gasteiger partial charge in [-0.2, -0.15) is 0 Å². The lowest BCUT2D eigenvalue weighted by Crippen LogP contribution is -2.44. The number of hydrogen-bond donors (Lipinski definition) is 1. The summed E-state index contributed by atoms with van der Waals surface area (Å²) < 4.78 is 18.8. The molecule has 0 unspecified atom stereocenters. The summed E-state index contributed by atoms with van der Waals surface area (Å²) in [5, 5.41) is 3.09. The van der Waals surface area contributed by atoms with Crippen molar-refractivity contribution in [3.05, 3.63) is 71.5 Å². The largest absolute Gasteiger partial charge is 0.381 e. The summed E-state index contributed by atoms with van der Waals surface area (Å²) in [6.07, 6.45) is 2.87. The highest BCUT2D eigenvalue weighted by atomic mass is 19.1.